The highest BCUT2D eigenvalue weighted by atomic mass is 16.5. The van der Waals surface area contributed by atoms with E-state index >= 15 is 0 Å². The second-order valence-corrected chi connectivity index (χ2v) is 2.35. The minimum absolute atomic E-state index is 0.200. The van der Waals surface area contributed by atoms with Crippen molar-refractivity contribution in [3.8, 4) is 0 Å². The maximum absolute atomic E-state index is 10.8. The van der Waals surface area contributed by atoms with Gasteiger partial charge in [0, 0.05) is 6.42 Å². The molecule has 0 rings (SSSR count). The summed E-state index contributed by atoms with van der Waals surface area (Å²) in [5.74, 6) is -0.303. The zero-order valence-corrected chi connectivity index (χ0v) is 7.21. The van der Waals surface area contributed by atoms with Crippen LogP contribution >= 0.6 is 0 Å². The minimum atomic E-state index is -0.303. The van der Waals surface area contributed by atoms with E-state index < -0.39 is 0 Å². The number of rotatable bonds is 6. The number of hydrogen-bond acceptors (Lipinski definition) is 4. The Morgan fingerprint density at radius 1 is 1.50 bits per heavy atom. The van der Waals surface area contributed by atoms with Gasteiger partial charge in [-0.2, -0.15) is 4.99 Å². The Bertz CT molecular complexity index is 173. The highest BCUT2D eigenvalue weighted by Crippen LogP contribution is 1.99. The third-order valence-corrected chi connectivity index (χ3v) is 1.34. The number of hydrogen-bond donors (Lipinski definition) is 0. The quantitative estimate of drug-likeness (QED) is 0.263. The van der Waals surface area contributed by atoms with E-state index in [1.807, 2.05) is 0 Å². The van der Waals surface area contributed by atoms with Gasteiger partial charge in [0.05, 0.1) is 0 Å². The molecule has 0 spiro atoms. The van der Waals surface area contributed by atoms with Crippen LogP contribution < -0.4 is 0 Å². The van der Waals surface area contributed by atoms with Crippen LogP contribution in [0.4, 0.5) is 0 Å². The Kier molecular flexibility index (Phi) is 7.19. The predicted molar refractivity (Wildman–Crippen MR) is 43.2 cm³/mol. The topological polar surface area (TPSA) is 55.7 Å². The number of ether oxygens (including phenoxy) is 1. The Morgan fingerprint density at radius 3 is 2.83 bits per heavy atom. The van der Waals surface area contributed by atoms with E-state index in [9.17, 15) is 9.59 Å². The van der Waals surface area contributed by atoms with E-state index in [-0.39, 0.29) is 12.7 Å². The normalized spacial score (nSPS) is 8.75. The van der Waals surface area contributed by atoms with Gasteiger partial charge in [-0.3, -0.25) is 4.79 Å². The van der Waals surface area contributed by atoms with Crippen molar-refractivity contribution >= 4 is 12.0 Å². The first kappa shape index (κ1) is 10.8. The predicted octanol–water partition coefficient (Wildman–Crippen LogP) is 1.40. The first-order valence-electron chi connectivity index (χ1n) is 4.00. The largest absolute Gasteiger partial charge is 0.442 e. The van der Waals surface area contributed by atoms with E-state index in [1.54, 1.807) is 0 Å². The van der Waals surface area contributed by atoms with Crippen LogP contribution in [0.5, 0.6) is 0 Å². The first-order chi connectivity index (χ1) is 5.81. The summed E-state index contributed by atoms with van der Waals surface area (Å²) in [6.07, 6.45) is 4.62. The van der Waals surface area contributed by atoms with Gasteiger partial charge in [-0.15, -0.1) is 0 Å². The zero-order chi connectivity index (χ0) is 9.23. The molecule has 0 saturated heterocycles. The molecule has 68 valence electrons. The molecule has 0 aromatic rings. The average molecular weight is 171 g/mol. The van der Waals surface area contributed by atoms with E-state index in [2.05, 4.69) is 16.7 Å². The fraction of sp³-hybridized carbons (Fsp3) is 0.750. The Labute approximate surface area is 71.6 Å². The van der Waals surface area contributed by atoms with Gasteiger partial charge in [0.2, 0.25) is 6.08 Å². The van der Waals surface area contributed by atoms with Crippen molar-refractivity contribution in [2.75, 3.05) is 6.73 Å². The van der Waals surface area contributed by atoms with Crippen molar-refractivity contribution in [3.63, 3.8) is 0 Å². The molecule has 0 bridgehead atoms. The fourth-order valence-corrected chi connectivity index (χ4v) is 0.722. The van der Waals surface area contributed by atoms with Gasteiger partial charge < -0.3 is 4.74 Å². The smallest absolute Gasteiger partial charge is 0.307 e. The molecule has 12 heavy (non-hydrogen) atoms. The summed E-state index contributed by atoms with van der Waals surface area (Å²) in [6.45, 7) is 1.86. The molecular formula is C8H13NO3. The van der Waals surface area contributed by atoms with Gasteiger partial charge in [0.25, 0.3) is 0 Å². The number of unbranched alkanes of at least 4 members (excludes halogenated alkanes) is 2. The van der Waals surface area contributed by atoms with Crippen molar-refractivity contribution in [2.24, 2.45) is 4.99 Å². The third-order valence-electron chi connectivity index (χ3n) is 1.34. The molecule has 0 atom stereocenters. The van der Waals surface area contributed by atoms with Gasteiger partial charge in [0.15, 0.2) is 6.73 Å². The first-order valence-corrected chi connectivity index (χ1v) is 4.00. The van der Waals surface area contributed by atoms with Crippen molar-refractivity contribution in [1.82, 2.24) is 0 Å². The van der Waals surface area contributed by atoms with Crippen molar-refractivity contribution < 1.29 is 14.3 Å². The van der Waals surface area contributed by atoms with E-state index in [4.69, 9.17) is 0 Å². The molecular weight excluding hydrogens is 158 g/mol. The molecule has 0 aromatic carbocycles. The minimum Gasteiger partial charge on any atom is -0.442 e. The van der Waals surface area contributed by atoms with Crippen LogP contribution in [0.15, 0.2) is 4.99 Å². The fourth-order valence-electron chi connectivity index (χ4n) is 0.722. The number of esters is 1. The van der Waals surface area contributed by atoms with Crippen LogP contribution in [0.1, 0.15) is 32.6 Å². The highest BCUT2D eigenvalue weighted by Gasteiger charge is 1.99. The Hall–Kier alpha value is -1.15. The lowest BCUT2D eigenvalue weighted by Crippen LogP contribution is -2.03. The summed E-state index contributed by atoms with van der Waals surface area (Å²) in [6, 6.07) is 0. The number of nitrogens with zero attached hydrogens (tertiary/aromatic N) is 1. The average Bonchev–Trinajstić information content (AvgIpc) is 2.06. The van der Waals surface area contributed by atoms with Gasteiger partial charge in [-0.25, -0.2) is 4.79 Å². The number of isocyanates is 1. The van der Waals surface area contributed by atoms with E-state index in [1.165, 1.54) is 6.08 Å². The van der Waals surface area contributed by atoms with Gasteiger partial charge in [0.1, 0.15) is 0 Å². The van der Waals surface area contributed by atoms with Gasteiger partial charge in [-0.05, 0) is 6.42 Å². The number of aliphatic imine (C=N–C) groups is 1. The molecule has 0 N–H and O–H groups in total. The van der Waals surface area contributed by atoms with Gasteiger partial charge >= 0.3 is 5.97 Å². The van der Waals surface area contributed by atoms with Gasteiger partial charge in [-0.1, -0.05) is 19.8 Å². The zero-order valence-electron chi connectivity index (χ0n) is 7.21. The van der Waals surface area contributed by atoms with Crippen LogP contribution in [-0.2, 0) is 14.3 Å². The summed E-state index contributed by atoms with van der Waals surface area (Å²) in [4.78, 5) is 23.4. The van der Waals surface area contributed by atoms with Crippen LogP contribution in [0.2, 0.25) is 0 Å². The highest BCUT2D eigenvalue weighted by molar-refractivity contribution is 5.69. The molecule has 0 aromatic heterocycles. The van der Waals surface area contributed by atoms with E-state index in [0.717, 1.165) is 19.3 Å². The summed E-state index contributed by atoms with van der Waals surface area (Å²) < 4.78 is 4.56. The van der Waals surface area contributed by atoms with Crippen molar-refractivity contribution in [2.45, 2.75) is 32.6 Å². The lowest BCUT2D eigenvalue weighted by molar-refractivity contribution is -0.143. The molecule has 4 heteroatoms. The molecule has 0 aliphatic heterocycles. The Balaban J connectivity index is 3.27. The molecule has 0 heterocycles. The monoisotopic (exact) mass is 171 g/mol. The lowest BCUT2D eigenvalue weighted by Gasteiger charge is -1.98. The van der Waals surface area contributed by atoms with Crippen LogP contribution in [0.3, 0.4) is 0 Å². The standard InChI is InChI=1S/C8H13NO3/c1-2-3-4-5-8(11)12-7-9-6-10/h2-5,7H2,1H3. The molecule has 0 radical (unpaired) electrons. The number of carbonyl (C=O) groups is 1. The maximum atomic E-state index is 10.8. The molecule has 0 saturated carbocycles. The SMILES string of the molecule is CCCCCC(=O)OCN=C=O. The Morgan fingerprint density at radius 2 is 2.25 bits per heavy atom. The molecule has 0 aliphatic carbocycles. The lowest BCUT2D eigenvalue weighted by atomic mass is 10.2. The molecule has 0 unspecified atom stereocenters. The molecule has 0 aliphatic rings. The van der Waals surface area contributed by atoms with Crippen LogP contribution in [-0.4, -0.2) is 18.8 Å². The number of carbonyl (C=O) groups excluding carboxylic acids is 2. The summed E-state index contributed by atoms with van der Waals surface area (Å²) in [5, 5.41) is 0. The summed E-state index contributed by atoms with van der Waals surface area (Å²) >= 11 is 0. The molecule has 0 amide bonds. The maximum Gasteiger partial charge on any atom is 0.307 e. The molecule has 4 nitrogen and oxygen atoms in total. The van der Waals surface area contributed by atoms with Crippen LogP contribution in [0.25, 0.3) is 0 Å². The molecule has 0 fully saturated rings. The second kappa shape index (κ2) is 7.95. The summed E-state index contributed by atoms with van der Waals surface area (Å²) in [5.41, 5.74) is 0. The van der Waals surface area contributed by atoms with Crippen molar-refractivity contribution in [3.05, 3.63) is 0 Å². The second-order valence-electron chi connectivity index (χ2n) is 2.35. The van der Waals surface area contributed by atoms with Crippen LogP contribution in [0, 0.1) is 0 Å². The summed E-state index contributed by atoms with van der Waals surface area (Å²) in [7, 11) is 0. The van der Waals surface area contributed by atoms with Crippen molar-refractivity contribution in [1.29, 1.82) is 0 Å². The third kappa shape index (κ3) is 6.96. The van der Waals surface area contributed by atoms with E-state index in [0.29, 0.717) is 6.42 Å².